The van der Waals surface area contributed by atoms with Crippen molar-refractivity contribution in [3.63, 3.8) is 0 Å². The van der Waals surface area contributed by atoms with Crippen LogP contribution in [0.1, 0.15) is 75.8 Å². The fourth-order valence-corrected chi connectivity index (χ4v) is 5.08. The molecule has 0 saturated heterocycles. The summed E-state index contributed by atoms with van der Waals surface area (Å²) in [6.07, 6.45) is 4.42. The number of anilines is 1. The number of nitrogens with one attached hydrogen (secondary N) is 1. The molecule has 1 N–H and O–H groups in total. The maximum Gasteiger partial charge on any atom is 0.341 e. The number of hydrogen-bond donors (Lipinski definition) is 1. The molecule has 1 atom stereocenters. The van der Waals surface area contributed by atoms with E-state index in [-0.39, 0.29) is 24.4 Å². The number of ether oxygens (including phenoxy) is 2. The van der Waals surface area contributed by atoms with Crippen LogP contribution in [0.25, 0.3) is 0 Å². The minimum Gasteiger partial charge on any atom is -0.485 e. The Morgan fingerprint density at radius 1 is 1.15 bits per heavy atom. The second-order valence-electron chi connectivity index (χ2n) is 8.31. The molecule has 1 unspecified atom stereocenters. The van der Waals surface area contributed by atoms with Gasteiger partial charge >= 0.3 is 5.97 Å². The Balaban J connectivity index is 1.49. The molecule has 1 amide bonds. The number of aryl methyl sites for hydroxylation is 2. The van der Waals surface area contributed by atoms with Crippen LogP contribution in [0.4, 0.5) is 5.00 Å². The minimum atomic E-state index is -0.395. The number of carbonyl (C=O) groups is 2. The number of amides is 1. The number of esters is 1. The Hall–Kier alpha value is -3.06. The molecule has 7 heteroatoms. The zero-order chi connectivity index (χ0) is 23.4. The standard InChI is InChI=1S/C26H29NO5S/c1-4-17(3)31-26(29)23-19-10-6-8-12-22(19)33-25(23)27-24(28)21-14-13-18(32-21)15-30-20-11-7-5-9-16(20)2/h5,7,9,11,13-14,17H,4,6,8,10,12,15H2,1-3H3,(H,27,28). The molecule has 1 aliphatic rings. The first-order chi connectivity index (χ1) is 16.0. The quantitative estimate of drug-likeness (QED) is 0.393. The zero-order valence-electron chi connectivity index (χ0n) is 19.2. The van der Waals surface area contributed by atoms with E-state index < -0.39 is 5.91 Å². The predicted molar refractivity (Wildman–Crippen MR) is 128 cm³/mol. The van der Waals surface area contributed by atoms with Gasteiger partial charge in [-0.2, -0.15) is 0 Å². The number of furan rings is 1. The third-order valence-electron chi connectivity index (χ3n) is 5.83. The SMILES string of the molecule is CCC(C)OC(=O)c1c(NC(=O)c2ccc(COc3ccccc3C)o2)sc2c1CCCC2. The van der Waals surface area contributed by atoms with Crippen LogP contribution in [0, 0.1) is 6.92 Å². The highest BCUT2D eigenvalue weighted by Gasteiger charge is 2.28. The molecule has 6 nitrogen and oxygen atoms in total. The van der Waals surface area contributed by atoms with Crippen molar-refractivity contribution in [3.05, 3.63) is 69.5 Å². The van der Waals surface area contributed by atoms with Gasteiger partial charge in [-0.25, -0.2) is 4.79 Å². The number of para-hydroxylation sites is 1. The Bertz CT molecular complexity index is 1150. The molecular weight excluding hydrogens is 438 g/mol. The summed E-state index contributed by atoms with van der Waals surface area (Å²) >= 11 is 1.46. The van der Waals surface area contributed by atoms with Gasteiger partial charge in [0.1, 0.15) is 23.1 Å². The summed E-state index contributed by atoms with van der Waals surface area (Å²) in [5.74, 6) is 0.726. The van der Waals surface area contributed by atoms with Gasteiger partial charge < -0.3 is 19.2 Å². The Kier molecular flexibility index (Phi) is 7.18. The van der Waals surface area contributed by atoms with Crippen molar-refractivity contribution in [2.45, 2.75) is 65.6 Å². The second-order valence-corrected chi connectivity index (χ2v) is 9.42. The van der Waals surface area contributed by atoms with Crippen molar-refractivity contribution >= 4 is 28.2 Å². The first-order valence-corrected chi connectivity index (χ1v) is 12.2. The van der Waals surface area contributed by atoms with E-state index in [9.17, 15) is 9.59 Å². The number of carbonyl (C=O) groups excluding carboxylic acids is 2. The van der Waals surface area contributed by atoms with Crippen molar-refractivity contribution in [1.82, 2.24) is 0 Å². The molecule has 2 heterocycles. The molecule has 0 radical (unpaired) electrons. The lowest BCUT2D eigenvalue weighted by molar-refractivity contribution is 0.0335. The number of thiophene rings is 1. The first kappa shape index (κ1) is 23.1. The van der Waals surface area contributed by atoms with Crippen LogP contribution >= 0.6 is 11.3 Å². The van der Waals surface area contributed by atoms with Gasteiger partial charge in [-0.15, -0.1) is 11.3 Å². The summed E-state index contributed by atoms with van der Waals surface area (Å²) in [6, 6.07) is 11.1. The summed E-state index contributed by atoms with van der Waals surface area (Å²) in [4.78, 5) is 27.0. The average Bonchev–Trinajstić information content (AvgIpc) is 3.43. The van der Waals surface area contributed by atoms with Crippen molar-refractivity contribution < 1.29 is 23.5 Å². The molecule has 0 spiro atoms. The highest BCUT2D eigenvalue weighted by molar-refractivity contribution is 7.17. The molecule has 4 rings (SSSR count). The van der Waals surface area contributed by atoms with Gasteiger partial charge in [0.2, 0.25) is 0 Å². The van der Waals surface area contributed by atoms with Gasteiger partial charge in [0.25, 0.3) is 5.91 Å². The molecule has 0 fully saturated rings. The third-order valence-corrected chi connectivity index (χ3v) is 7.04. The topological polar surface area (TPSA) is 77.8 Å². The molecule has 0 saturated carbocycles. The molecule has 33 heavy (non-hydrogen) atoms. The molecule has 174 valence electrons. The van der Waals surface area contributed by atoms with E-state index in [2.05, 4.69) is 5.32 Å². The summed E-state index contributed by atoms with van der Waals surface area (Å²) in [7, 11) is 0. The van der Waals surface area contributed by atoms with Gasteiger partial charge in [0.05, 0.1) is 11.7 Å². The summed E-state index contributed by atoms with van der Waals surface area (Å²) in [6.45, 7) is 6.04. The first-order valence-electron chi connectivity index (χ1n) is 11.4. The third kappa shape index (κ3) is 5.30. The molecule has 3 aromatic rings. The molecule has 1 aliphatic carbocycles. The number of fused-ring (bicyclic) bond motifs is 1. The Labute approximate surface area is 197 Å². The summed E-state index contributed by atoms with van der Waals surface area (Å²) < 4.78 is 17.1. The number of hydrogen-bond acceptors (Lipinski definition) is 6. The minimum absolute atomic E-state index is 0.172. The molecule has 2 aromatic heterocycles. The lowest BCUT2D eigenvalue weighted by atomic mass is 9.95. The van der Waals surface area contributed by atoms with Crippen LogP contribution < -0.4 is 10.1 Å². The smallest absolute Gasteiger partial charge is 0.341 e. The fraction of sp³-hybridized carbons (Fsp3) is 0.385. The second kappa shape index (κ2) is 10.3. The zero-order valence-corrected chi connectivity index (χ0v) is 20.1. The fourth-order valence-electron chi connectivity index (χ4n) is 3.80. The Morgan fingerprint density at radius 3 is 2.73 bits per heavy atom. The number of benzene rings is 1. The lowest BCUT2D eigenvalue weighted by Crippen LogP contribution is -2.18. The van der Waals surface area contributed by atoms with Gasteiger partial charge in [-0.05, 0) is 75.3 Å². The van der Waals surface area contributed by atoms with E-state index in [0.29, 0.717) is 16.3 Å². The van der Waals surface area contributed by atoms with Crippen LogP contribution in [0.2, 0.25) is 0 Å². The van der Waals surface area contributed by atoms with Gasteiger partial charge in [0.15, 0.2) is 5.76 Å². The van der Waals surface area contributed by atoms with Gasteiger partial charge in [-0.1, -0.05) is 25.1 Å². The maximum atomic E-state index is 12.9. The number of rotatable bonds is 8. The van der Waals surface area contributed by atoms with E-state index in [0.717, 1.165) is 53.9 Å². The van der Waals surface area contributed by atoms with Crippen LogP contribution in [0.15, 0.2) is 40.8 Å². The van der Waals surface area contributed by atoms with Gasteiger partial charge in [0, 0.05) is 4.88 Å². The Morgan fingerprint density at radius 2 is 1.94 bits per heavy atom. The molecule has 0 aliphatic heterocycles. The van der Waals surface area contributed by atoms with Crippen LogP contribution in [-0.4, -0.2) is 18.0 Å². The van der Waals surface area contributed by atoms with E-state index in [4.69, 9.17) is 13.9 Å². The van der Waals surface area contributed by atoms with Crippen molar-refractivity contribution in [1.29, 1.82) is 0 Å². The lowest BCUT2D eigenvalue weighted by Gasteiger charge is -2.15. The highest BCUT2D eigenvalue weighted by Crippen LogP contribution is 2.39. The molecular formula is C26H29NO5S. The summed E-state index contributed by atoms with van der Waals surface area (Å²) in [5, 5.41) is 3.43. The van der Waals surface area contributed by atoms with Crippen molar-refractivity contribution in [3.8, 4) is 5.75 Å². The largest absolute Gasteiger partial charge is 0.485 e. The van der Waals surface area contributed by atoms with Crippen molar-refractivity contribution in [2.75, 3.05) is 5.32 Å². The molecule has 0 bridgehead atoms. The van der Waals surface area contributed by atoms with E-state index >= 15 is 0 Å². The van der Waals surface area contributed by atoms with Gasteiger partial charge in [-0.3, -0.25) is 4.79 Å². The van der Waals surface area contributed by atoms with Crippen LogP contribution in [0.3, 0.4) is 0 Å². The van der Waals surface area contributed by atoms with Crippen LogP contribution in [-0.2, 0) is 24.2 Å². The van der Waals surface area contributed by atoms with E-state index in [1.165, 1.54) is 11.3 Å². The van der Waals surface area contributed by atoms with Crippen LogP contribution in [0.5, 0.6) is 5.75 Å². The maximum absolute atomic E-state index is 12.9. The normalized spacial score (nSPS) is 13.8. The predicted octanol–water partition coefficient (Wildman–Crippen LogP) is 6.31. The monoisotopic (exact) mass is 467 g/mol. The van der Waals surface area contributed by atoms with E-state index in [1.54, 1.807) is 12.1 Å². The molecule has 1 aromatic carbocycles. The van der Waals surface area contributed by atoms with Crippen molar-refractivity contribution in [2.24, 2.45) is 0 Å². The van der Waals surface area contributed by atoms with E-state index in [1.807, 2.05) is 45.0 Å². The average molecular weight is 468 g/mol. The summed E-state index contributed by atoms with van der Waals surface area (Å²) in [5.41, 5.74) is 2.54. The highest BCUT2D eigenvalue weighted by atomic mass is 32.1.